The van der Waals surface area contributed by atoms with Crippen molar-refractivity contribution in [3.8, 4) is 0 Å². The SMILES string of the molecule is CC(C)C(C)(C)SCC1CCCNC1. The highest BCUT2D eigenvalue weighted by atomic mass is 32.2. The summed E-state index contributed by atoms with van der Waals surface area (Å²) in [5, 5.41) is 3.49. The Morgan fingerprint density at radius 1 is 1.43 bits per heavy atom. The van der Waals surface area contributed by atoms with Gasteiger partial charge in [-0.15, -0.1) is 0 Å². The minimum Gasteiger partial charge on any atom is -0.316 e. The minimum absolute atomic E-state index is 0.442. The Morgan fingerprint density at radius 3 is 2.64 bits per heavy atom. The number of hydrogen-bond acceptors (Lipinski definition) is 2. The molecule has 1 aliphatic rings. The lowest BCUT2D eigenvalue weighted by molar-refractivity contribution is 0.407. The van der Waals surface area contributed by atoms with Crippen LogP contribution in [-0.4, -0.2) is 23.6 Å². The molecule has 1 atom stereocenters. The van der Waals surface area contributed by atoms with Crippen LogP contribution in [0.1, 0.15) is 40.5 Å². The molecule has 1 heterocycles. The summed E-state index contributed by atoms with van der Waals surface area (Å²) in [6.45, 7) is 11.9. The quantitative estimate of drug-likeness (QED) is 0.773. The summed E-state index contributed by atoms with van der Waals surface area (Å²) in [4.78, 5) is 0. The maximum Gasteiger partial charge on any atom is 0.0126 e. The number of thioether (sulfide) groups is 1. The van der Waals surface area contributed by atoms with Crippen LogP contribution in [0.4, 0.5) is 0 Å². The number of hydrogen-bond donors (Lipinski definition) is 1. The Hall–Kier alpha value is 0.310. The summed E-state index contributed by atoms with van der Waals surface area (Å²) >= 11 is 2.15. The summed E-state index contributed by atoms with van der Waals surface area (Å²) in [6, 6.07) is 0. The third kappa shape index (κ3) is 3.82. The van der Waals surface area contributed by atoms with Gasteiger partial charge < -0.3 is 5.32 Å². The normalized spacial score (nSPS) is 24.2. The summed E-state index contributed by atoms with van der Waals surface area (Å²) in [5.74, 6) is 3.01. The zero-order chi connectivity index (χ0) is 10.6. The van der Waals surface area contributed by atoms with E-state index in [0.717, 1.165) is 11.8 Å². The maximum absolute atomic E-state index is 3.49. The average molecular weight is 215 g/mol. The third-order valence-electron chi connectivity index (χ3n) is 3.48. The molecule has 1 N–H and O–H groups in total. The van der Waals surface area contributed by atoms with Crippen LogP contribution in [0.15, 0.2) is 0 Å². The van der Waals surface area contributed by atoms with Crippen molar-refractivity contribution < 1.29 is 0 Å². The fourth-order valence-electron chi connectivity index (χ4n) is 1.57. The largest absolute Gasteiger partial charge is 0.316 e. The van der Waals surface area contributed by atoms with Crippen LogP contribution < -0.4 is 5.32 Å². The van der Waals surface area contributed by atoms with Crippen molar-refractivity contribution >= 4 is 11.8 Å². The topological polar surface area (TPSA) is 12.0 Å². The Balaban J connectivity index is 2.24. The van der Waals surface area contributed by atoms with E-state index in [0.29, 0.717) is 4.75 Å². The van der Waals surface area contributed by atoms with Gasteiger partial charge in [0, 0.05) is 4.75 Å². The van der Waals surface area contributed by atoms with E-state index in [1.807, 2.05) is 0 Å². The van der Waals surface area contributed by atoms with E-state index in [4.69, 9.17) is 0 Å². The van der Waals surface area contributed by atoms with Crippen molar-refractivity contribution in [1.29, 1.82) is 0 Å². The molecule has 0 saturated carbocycles. The van der Waals surface area contributed by atoms with Crippen LogP contribution in [0.3, 0.4) is 0 Å². The van der Waals surface area contributed by atoms with Gasteiger partial charge in [-0.25, -0.2) is 0 Å². The van der Waals surface area contributed by atoms with E-state index >= 15 is 0 Å². The first-order chi connectivity index (χ1) is 6.52. The molecule has 1 rings (SSSR count). The van der Waals surface area contributed by atoms with Crippen molar-refractivity contribution in [2.75, 3.05) is 18.8 Å². The van der Waals surface area contributed by atoms with Gasteiger partial charge >= 0.3 is 0 Å². The first-order valence-electron chi connectivity index (χ1n) is 5.87. The van der Waals surface area contributed by atoms with Gasteiger partial charge in [0.1, 0.15) is 0 Å². The standard InChI is InChI=1S/C12H25NS/c1-10(2)12(3,4)14-9-11-6-5-7-13-8-11/h10-11,13H,5-9H2,1-4H3. The molecule has 0 aliphatic carbocycles. The van der Waals surface area contributed by atoms with Gasteiger partial charge in [0.15, 0.2) is 0 Å². The second-order valence-electron chi connectivity index (χ2n) is 5.28. The molecule has 0 bridgehead atoms. The number of piperidine rings is 1. The fraction of sp³-hybridized carbons (Fsp3) is 1.00. The van der Waals surface area contributed by atoms with E-state index in [9.17, 15) is 0 Å². The lowest BCUT2D eigenvalue weighted by Crippen LogP contribution is -2.33. The molecule has 1 saturated heterocycles. The molecule has 0 spiro atoms. The molecule has 1 fully saturated rings. The molecule has 1 nitrogen and oxygen atoms in total. The monoisotopic (exact) mass is 215 g/mol. The highest BCUT2D eigenvalue weighted by molar-refractivity contribution is 8.00. The second-order valence-corrected chi connectivity index (χ2v) is 6.96. The van der Waals surface area contributed by atoms with Gasteiger partial charge in [-0.05, 0) is 43.5 Å². The van der Waals surface area contributed by atoms with Crippen molar-refractivity contribution in [2.45, 2.75) is 45.3 Å². The van der Waals surface area contributed by atoms with Crippen molar-refractivity contribution in [1.82, 2.24) is 5.32 Å². The van der Waals surface area contributed by atoms with Crippen LogP contribution in [0.2, 0.25) is 0 Å². The zero-order valence-electron chi connectivity index (χ0n) is 10.1. The molecule has 1 aliphatic heterocycles. The first kappa shape index (κ1) is 12.4. The smallest absolute Gasteiger partial charge is 0.0126 e. The minimum atomic E-state index is 0.442. The van der Waals surface area contributed by atoms with E-state index in [1.165, 1.54) is 31.7 Å². The number of rotatable bonds is 4. The van der Waals surface area contributed by atoms with Crippen LogP contribution >= 0.6 is 11.8 Å². The molecule has 1 unspecified atom stereocenters. The Kier molecular flexibility index (Phi) is 4.78. The first-order valence-corrected chi connectivity index (χ1v) is 6.85. The lowest BCUT2D eigenvalue weighted by Gasteiger charge is -2.31. The molecule has 0 radical (unpaired) electrons. The zero-order valence-corrected chi connectivity index (χ0v) is 10.9. The Labute approximate surface area is 93.4 Å². The number of nitrogens with one attached hydrogen (secondary N) is 1. The molecule has 14 heavy (non-hydrogen) atoms. The third-order valence-corrected chi connectivity index (χ3v) is 5.33. The van der Waals surface area contributed by atoms with Crippen LogP contribution in [0.5, 0.6) is 0 Å². The fourth-order valence-corrected chi connectivity index (χ4v) is 2.85. The van der Waals surface area contributed by atoms with Gasteiger partial charge in [-0.1, -0.05) is 27.7 Å². The van der Waals surface area contributed by atoms with Gasteiger partial charge in [-0.2, -0.15) is 11.8 Å². The molecular formula is C12H25NS. The summed E-state index contributed by atoms with van der Waals surface area (Å²) in [5.41, 5.74) is 0. The molecular weight excluding hydrogens is 190 g/mol. The Bertz CT molecular complexity index is 160. The molecule has 2 heteroatoms. The molecule has 0 amide bonds. The highest BCUT2D eigenvalue weighted by Crippen LogP contribution is 2.34. The van der Waals surface area contributed by atoms with Crippen LogP contribution in [-0.2, 0) is 0 Å². The van der Waals surface area contributed by atoms with E-state index < -0.39 is 0 Å². The molecule has 84 valence electrons. The predicted octanol–water partition coefficient (Wildman–Crippen LogP) is 3.15. The lowest BCUT2D eigenvalue weighted by atomic mass is 9.99. The molecule has 0 aromatic carbocycles. The van der Waals surface area contributed by atoms with Gasteiger partial charge in [0.05, 0.1) is 0 Å². The van der Waals surface area contributed by atoms with Gasteiger partial charge in [-0.3, -0.25) is 0 Å². The second kappa shape index (κ2) is 5.41. The van der Waals surface area contributed by atoms with E-state index in [-0.39, 0.29) is 0 Å². The summed E-state index contributed by atoms with van der Waals surface area (Å²) in [6.07, 6.45) is 2.79. The predicted molar refractivity (Wildman–Crippen MR) is 67.0 cm³/mol. The Morgan fingerprint density at radius 2 is 2.14 bits per heavy atom. The van der Waals surface area contributed by atoms with Crippen molar-refractivity contribution in [2.24, 2.45) is 11.8 Å². The van der Waals surface area contributed by atoms with Crippen molar-refractivity contribution in [3.63, 3.8) is 0 Å². The highest BCUT2D eigenvalue weighted by Gasteiger charge is 2.24. The van der Waals surface area contributed by atoms with Crippen LogP contribution in [0, 0.1) is 11.8 Å². The summed E-state index contributed by atoms with van der Waals surface area (Å²) in [7, 11) is 0. The van der Waals surface area contributed by atoms with Gasteiger partial charge in [0.25, 0.3) is 0 Å². The average Bonchev–Trinajstić information content (AvgIpc) is 2.16. The van der Waals surface area contributed by atoms with E-state index in [1.54, 1.807) is 0 Å². The van der Waals surface area contributed by atoms with Gasteiger partial charge in [0.2, 0.25) is 0 Å². The van der Waals surface area contributed by atoms with Crippen molar-refractivity contribution in [3.05, 3.63) is 0 Å². The van der Waals surface area contributed by atoms with Crippen LogP contribution in [0.25, 0.3) is 0 Å². The maximum atomic E-state index is 3.49. The van der Waals surface area contributed by atoms with E-state index in [2.05, 4.69) is 44.8 Å². The summed E-state index contributed by atoms with van der Waals surface area (Å²) < 4.78 is 0.442. The molecule has 0 aromatic heterocycles. The molecule has 0 aromatic rings.